The summed E-state index contributed by atoms with van der Waals surface area (Å²) in [6.07, 6.45) is 4.59. The summed E-state index contributed by atoms with van der Waals surface area (Å²) < 4.78 is 0. The molecule has 0 spiro atoms. The minimum Gasteiger partial charge on any atom is -0.357 e. The summed E-state index contributed by atoms with van der Waals surface area (Å²) in [5.41, 5.74) is 2.86. The third-order valence-corrected chi connectivity index (χ3v) is 5.88. The van der Waals surface area contributed by atoms with E-state index in [1.807, 2.05) is 0 Å². The molecule has 2 aliphatic heterocycles. The van der Waals surface area contributed by atoms with Crippen LogP contribution in [0.4, 0.5) is 0 Å². The average Bonchev–Trinajstić information content (AvgIpc) is 2.73. The lowest BCUT2D eigenvalue weighted by Gasteiger charge is -2.36. The quantitative estimate of drug-likeness (QED) is 0.626. The zero-order valence-electron chi connectivity index (χ0n) is 17.9. The number of nitrogens with zero attached hydrogens (tertiary/aromatic N) is 4. The number of benzene rings is 1. The van der Waals surface area contributed by atoms with Crippen molar-refractivity contribution in [2.45, 2.75) is 32.7 Å². The lowest BCUT2D eigenvalue weighted by atomic mass is 10.0. The fourth-order valence-electron chi connectivity index (χ4n) is 3.96. The molecule has 1 aromatic rings. The van der Waals surface area contributed by atoms with Gasteiger partial charge >= 0.3 is 0 Å². The second kappa shape index (κ2) is 10.6. The molecule has 2 fully saturated rings. The summed E-state index contributed by atoms with van der Waals surface area (Å²) >= 11 is 0. The van der Waals surface area contributed by atoms with Gasteiger partial charge in [0.15, 0.2) is 5.96 Å². The zero-order valence-corrected chi connectivity index (χ0v) is 17.9. The highest BCUT2D eigenvalue weighted by atomic mass is 15.3. The summed E-state index contributed by atoms with van der Waals surface area (Å²) in [7, 11) is 2.21. The Morgan fingerprint density at radius 1 is 1.07 bits per heavy atom. The first-order valence-corrected chi connectivity index (χ1v) is 10.9. The van der Waals surface area contributed by atoms with Crippen LogP contribution in [0.1, 0.15) is 32.3 Å². The number of likely N-dealkylation sites (tertiary alicyclic amines) is 1. The van der Waals surface area contributed by atoms with Crippen molar-refractivity contribution in [2.24, 2.45) is 4.99 Å². The highest BCUT2D eigenvalue weighted by Crippen LogP contribution is 2.19. The van der Waals surface area contributed by atoms with Crippen molar-refractivity contribution < 1.29 is 0 Å². The fourth-order valence-corrected chi connectivity index (χ4v) is 3.96. The van der Waals surface area contributed by atoms with Crippen molar-refractivity contribution in [1.82, 2.24) is 20.0 Å². The second-order valence-corrected chi connectivity index (χ2v) is 8.08. The predicted octanol–water partition coefficient (Wildman–Crippen LogP) is 2.77. The molecule has 1 atom stereocenters. The van der Waals surface area contributed by atoms with Crippen LogP contribution in [0.5, 0.6) is 0 Å². The number of nitrogens with one attached hydrogen (secondary N) is 1. The first-order valence-electron chi connectivity index (χ1n) is 10.9. The molecule has 5 heteroatoms. The molecule has 2 heterocycles. The summed E-state index contributed by atoms with van der Waals surface area (Å²) in [6, 6.07) is 11.2. The molecular formula is C23H37N5. The Bertz CT molecular complexity index is 636. The van der Waals surface area contributed by atoms with E-state index in [1.165, 1.54) is 5.56 Å². The summed E-state index contributed by atoms with van der Waals surface area (Å²) in [4.78, 5) is 12.4. The second-order valence-electron chi connectivity index (χ2n) is 8.08. The van der Waals surface area contributed by atoms with Crippen molar-refractivity contribution >= 4 is 12.0 Å². The van der Waals surface area contributed by atoms with E-state index in [9.17, 15) is 0 Å². The van der Waals surface area contributed by atoms with Crippen molar-refractivity contribution in [3.05, 3.63) is 41.5 Å². The largest absolute Gasteiger partial charge is 0.357 e. The van der Waals surface area contributed by atoms with E-state index >= 15 is 0 Å². The smallest absolute Gasteiger partial charge is 0.193 e. The predicted molar refractivity (Wildman–Crippen MR) is 120 cm³/mol. The highest BCUT2D eigenvalue weighted by Gasteiger charge is 2.20. The third kappa shape index (κ3) is 6.08. The van der Waals surface area contributed by atoms with Crippen LogP contribution in [0, 0.1) is 0 Å². The van der Waals surface area contributed by atoms with Gasteiger partial charge in [-0.15, -0.1) is 0 Å². The molecule has 28 heavy (non-hydrogen) atoms. The third-order valence-electron chi connectivity index (χ3n) is 5.88. The van der Waals surface area contributed by atoms with Crippen LogP contribution in [0.3, 0.4) is 0 Å². The number of aliphatic imine (C=N–C) groups is 1. The van der Waals surface area contributed by atoms with E-state index in [1.54, 1.807) is 5.57 Å². The molecule has 0 aliphatic carbocycles. The Hall–Kier alpha value is -1.85. The Kier molecular flexibility index (Phi) is 7.92. The summed E-state index contributed by atoms with van der Waals surface area (Å²) in [6.45, 7) is 13.0. The fraction of sp³-hybridized carbons (Fsp3) is 0.609. The molecule has 0 bridgehead atoms. The van der Waals surface area contributed by atoms with Gasteiger partial charge in [0.25, 0.3) is 0 Å². The van der Waals surface area contributed by atoms with Gasteiger partial charge in [-0.3, -0.25) is 9.89 Å². The number of piperazine rings is 1. The Balaban J connectivity index is 1.54. The molecule has 1 N–H and O–H groups in total. The van der Waals surface area contributed by atoms with Crippen LogP contribution in [-0.4, -0.2) is 86.1 Å². The minimum atomic E-state index is 0.501. The number of hydrogen-bond donors (Lipinski definition) is 1. The van der Waals surface area contributed by atoms with Crippen LogP contribution in [-0.2, 0) is 0 Å². The Morgan fingerprint density at radius 2 is 1.75 bits per heavy atom. The molecule has 0 amide bonds. The SMILES string of the molecule is CCNC(=NCC(C)N1CCN(C)CC1)N1CCC(=Cc2ccccc2)CC1. The molecular weight excluding hydrogens is 346 g/mol. The van der Waals surface area contributed by atoms with Gasteiger partial charge in [0.2, 0.25) is 0 Å². The van der Waals surface area contributed by atoms with Crippen molar-refractivity contribution in [3.8, 4) is 0 Å². The van der Waals surface area contributed by atoms with Gasteiger partial charge in [-0.2, -0.15) is 0 Å². The van der Waals surface area contributed by atoms with Gasteiger partial charge in [0.05, 0.1) is 6.54 Å². The maximum atomic E-state index is 5.00. The van der Waals surface area contributed by atoms with Gasteiger partial charge in [-0.05, 0) is 39.3 Å². The molecule has 154 valence electrons. The van der Waals surface area contributed by atoms with E-state index < -0.39 is 0 Å². The number of guanidine groups is 1. The number of likely N-dealkylation sites (N-methyl/N-ethyl adjacent to an activating group) is 1. The van der Waals surface area contributed by atoms with Crippen LogP contribution >= 0.6 is 0 Å². The maximum absolute atomic E-state index is 5.00. The number of rotatable bonds is 5. The lowest BCUT2D eigenvalue weighted by molar-refractivity contribution is 0.122. The molecule has 0 radical (unpaired) electrons. The van der Waals surface area contributed by atoms with Crippen LogP contribution in [0.25, 0.3) is 6.08 Å². The standard InChI is InChI=1S/C23H37N5/c1-4-24-23(25-19-20(2)27-16-14-26(3)15-17-27)28-12-10-22(11-13-28)18-21-8-6-5-7-9-21/h5-9,18,20H,4,10-17,19H2,1-3H3,(H,24,25). The van der Waals surface area contributed by atoms with Crippen molar-refractivity contribution in [1.29, 1.82) is 0 Å². The van der Waals surface area contributed by atoms with E-state index in [2.05, 4.69) is 77.3 Å². The normalized spacial score (nSPS) is 20.9. The minimum absolute atomic E-state index is 0.501. The molecule has 5 nitrogen and oxygen atoms in total. The molecule has 2 saturated heterocycles. The molecule has 2 aliphatic rings. The first-order chi connectivity index (χ1) is 13.7. The number of piperidine rings is 1. The highest BCUT2D eigenvalue weighted by molar-refractivity contribution is 5.80. The van der Waals surface area contributed by atoms with E-state index in [-0.39, 0.29) is 0 Å². The molecule has 1 aromatic carbocycles. The Morgan fingerprint density at radius 3 is 2.39 bits per heavy atom. The molecule has 3 rings (SSSR count). The lowest BCUT2D eigenvalue weighted by Crippen LogP contribution is -2.49. The van der Waals surface area contributed by atoms with Gasteiger partial charge < -0.3 is 15.1 Å². The van der Waals surface area contributed by atoms with Crippen LogP contribution in [0.15, 0.2) is 40.9 Å². The first kappa shape index (κ1) is 20.9. The molecule has 0 saturated carbocycles. The van der Waals surface area contributed by atoms with Gasteiger partial charge in [-0.25, -0.2) is 0 Å². The van der Waals surface area contributed by atoms with Crippen molar-refractivity contribution in [3.63, 3.8) is 0 Å². The Labute approximate surface area is 171 Å². The zero-order chi connectivity index (χ0) is 19.8. The number of hydrogen-bond acceptors (Lipinski definition) is 3. The van der Waals surface area contributed by atoms with E-state index in [0.717, 1.165) is 71.2 Å². The molecule has 0 aromatic heterocycles. The summed E-state index contributed by atoms with van der Waals surface area (Å²) in [5, 5.41) is 3.51. The molecule has 1 unspecified atom stereocenters. The van der Waals surface area contributed by atoms with Crippen LogP contribution in [0.2, 0.25) is 0 Å². The van der Waals surface area contributed by atoms with Crippen LogP contribution < -0.4 is 5.32 Å². The average molecular weight is 384 g/mol. The summed E-state index contributed by atoms with van der Waals surface area (Å²) in [5.74, 6) is 1.09. The van der Waals surface area contributed by atoms with E-state index in [0.29, 0.717) is 6.04 Å². The van der Waals surface area contributed by atoms with Gasteiger partial charge in [0, 0.05) is 51.9 Å². The van der Waals surface area contributed by atoms with E-state index in [4.69, 9.17) is 4.99 Å². The van der Waals surface area contributed by atoms with Gasteiger partial charge in [0.1, 0.15) is 0 Å². The monoisotopic (exact) mass is 383 g/mol. The van der Waals surface area contributed by atoms with Crippen molar-refractivity contribution in [2.75, 3.05) is 59.4 Å². The maximum Gasteiger partial charge on any atom is 0.193 e. The topological polar surface area (TPSA) is 34.1 Å². The van der Waals surface area contributed by atoms with Gasteiger partial charge in [-0.1, -0.05) is 42.0 Å².